The second kappa shape index (κ2) is 13.1. The molecule has 164 valence electrons. The van der Waals surface area contributed by atoms with Gasteiger partial charge in [-0.25, -0.2) is 0 Å². The summed E-state index contributed by atoms with van der Waals surface area (Å²) in [6.07, 6.45) is 3.92. The molecule has 1 atom stereocenters. The number of guanidine groups is 1. The van der Waals surface area contributed by atoms with Gasteiger partial charge in [-0.15, -0.1) is 24.0 Å². The third-order valence-electron chi connectivity index (χ3n) is 5.22. The maximum absolute atomic E-state index is 6.11. The third-order valence-corrected chi connectivity index (χ3v) is 5.46. The number of piperidine rings is 1. The van der Waals surface area contributed by atoms with Gasteiger partial charge < -0.3 is 15.4 Å². The molecule has 1 aromatic heterocycles. The number of halogens is 2. The highest BCUT2D eigenvalue weighted by Crippen LogP contribution is 2.20. The fraction of sp³-hybridized carbons (Fsp3) is 0.455. The Morgan fingerprint density at radius 3 is 2.70 bits per heavy atom. The molecule has 0 radical (unpaired) electrons. The van der Waals surface area contributed by atoms with Gasteiger partial charge in [0.05, 0.1) is 11.8 Å². The zero-order chi connectivity index (χ0) is 20.5. The first-order valence-electron chi connectivity index (χ1n) is 10.1. The summed E-state index contributed by atoms with van der Waals surface area (Å²) in [7, 11) is 3.51. The number of nitrogens with one attached hydrogen (secondary N) is 2. The largest absolute Gasteiger partial charge is 0.375 e. The Morgan fingerprint density at radius 1 is 1.27 bits per heavy atom. The van der Waals surface area contributed by atoms with Gasteiger partial charge >= 0.3 is 0 Å². The summed E-state index contributed by atoms with van der Waals surface area (Å²) in [5, 5.41) is 7.64. The number of hydrogen-bond donors (Lipinski definition) is 2. The summed E-state index contributed by atoms with van der Waals surface area (Å²) in [4.78, 5) is 11.3. The molecule has 1 unspecified atom stereocenters. The van der Waals surface area contributed by atoms with Gasteiger partial charge in [-0.3, -0.25) is 14.9 Å². The summed E-state index contributed by atoms with van der Waals surface area (Å²) in [6.45, 7) is 3.63. The maximum Gasteiger partial charge on any atom is 0.191 e. The van der Waals surface area contributed by atoms with E-state index in [9.17, 15) is 0 Å². The Balaban J connectivity index is 0.00000320. The van der Waals surface area contributed by atoms with Gasteiger partial charge in [0.2, 0.25) is 0 Å². The van der Waals surface area contributed by atoms with Crippen LogP contribution in [0.3, 0.4) is 0 Å². The standard InChI is InChI=1S/C22H30ClN5O.HI/c1-24-22(26-15-21(29-2)17-6-5-7-18(23)14-17)27-19-9-12-28(13-10-19)16-20-8-3-4-11-25-20;/h3-8,11,14,19,21H,9-10,12-13,15-16H2,1-2H3,(H2,24,26,27);1H. The van der Waals surface area contributed by atoms with Crippen LogP contribution >= 0.6 is 35.6 Å². The molecule has 2 aromatic rings. The van der Waals surface area contributed by atoms with E-state index in [2.05, 4.69) is 31.6 Å². The van der Waals surface area contributed by atoms with Crippen molar-refractivity contribution in [1.29, 1.82) is 0 Å². The molecule has 1 aliphatic rings. The Labute approximate surface area is 201 Å². The Bertz CT molecular complexity index is 784. The Hall–Kier alpha value is -1.42. The van der Waals surface area contributed by atoms with E-state index in [-0.39, 0.29) is 30.1 Å². The first kappa shape index (κ1) is 24.8. The minimum atomic E-state index is -0.0903. The number of aromatic nitrogens is 1. The molecule has 0 amide bonds. The molecule has 0 aliphatic carbocycles. The van der Waals surface area contributed by atoms with Gasteiger partial charge in [0, 0.05) is 57.6 Å². The lowest BCUT2D eigenvalue weighted by Gasteiger charge is -2.33. The normalized spacial score (nSPS) is 16.6. The second-order valence-corrected chi connectivity index (χ2v) is 7.68. The molecule has 1 aromatic carbocycles. The maximum atomic E-state index is 6.11. The summed E-state index contributed by atoms with van der Waals surface area (Å²) < 4.78 is 5.63. The molecular weight excluding hydrogens is 513 g/mol. The molecule has 2 heterocycles. The van der Waals surface area contributed by atoms with Crippen LogP contribution in [0.5, 0.6) is 0 Å². The van der Waals surface area contributed by atoms with Crippen LogP contribution in [0.4, 0.5) is 0 Å². The molecule has 0 spiro atoms. The van der Waals surface area contributed by atoms with Crippen molar-refractivity contribution in [2.45, 2.75) is 31.5 Å². The van der Waals surface area contributed by atoms with Crippen molar-refractivity contribution in [3.8, 4) is 0 Å². The number of rotatable bonds is 7. The van der Waals surface area contributed by atoms with E-state index in [1.165, 1.54) is 0 Å². The topological polar surface area (TPSA) is 61.8 Å². The van der Waals surface area contributed by atoms with Crippen LogP contribution in [0, 0.1) is 0 Å². The molecule has 2 N–H and O–H groups in total. The van der Waals surface area contributed by atoms with E-state index >= 15 is 0 Å². The van der Waals surface area contributed by atoms with Crippen LogP contribution in [0.1, 0.15) is 30.2 Å². The van der Waals surface area contributed by atoms with Gasteiger partial charge in [-0.1, -0.05) is 29.8 Å². The summed E-state index contributed by atoms with van der Waals surface area (Å²) in [5.74, 6) is 0.803. The van der Waals surface area contributed by atoms with E-state index in [4.69, 9.17) is 16.3 Å². The minimum absolute atomic E-state index is 0. The predicted molar refractivity (Wildman–Crippen MR) is 134 cm³/mol. The number of benzene rings is 1. The number of pyridine rings is 1. The van der Waals surface area contributed by atoms with Crippen molar-refractivity contribution in [2.24, 2.45) is 4.99 Å². The van der Waals surface area contributed by atoms with Crippen LogP contribution in [-0.4, -0.2) is 55.7 Å². The molecule has 1 fully saturated rings. The zero-order valence-electron chi connectivity index (χ0n) is 17.6. The summed E-state index contributed by atoms with van der Waals surface area (Å²) in [6, 6.07) is 14.3. The van der Waals surface area contributed by atoms with Crippen LogP contribution in [0.2, 0.25) is 5.02 Å². The van der Waals surface area contributed by atoms with Gasteiger partial charge in [-0.05, 0) is 42.7 Å². The molecule has 1 saturated heterocycles. The van der Waals surface area contributed by atoms with Gasteiger partial charge in [0.25, 0.3) is 0 Å². The van der Waals surface area contributed by atoms with Crippen LogP contribution < -0.4 is 10.6 Å². The number of methoxy groups -OCH3 is 1. The SMILES string of the molecule is CN=C(NCC(OC)c1cccc(Cl)c1)NC1CCN(Cc2ccccn2)CC1.I. The van der Waals surface area contributed by atoms with Crippen molar-refractivity contribution in [1.82, 2.24) is 20.5 Å². The predicted octanol–water partition coefficient (Wildman–Crippen LogP) is 3.87. The number of ether oxygens (including phenoxy) is 1. The van der Waals surface area contributed by atoms with Crippen LogP contribution in [-0.2, 0) is 11.3 Å². The van der Waals surface area contributed by atoms with Gasteiger partial charge in [0.1, 0.15) is 0 Å². The average Bonchev–Trinajstić information content (AvgIpc) is 2.75. The Morgan fingerprint density at radius 2 is 2.07 bits per heavy atom. The number of aliphatic imine (C=N–C) groups is 1. The molecule has 3 rings (SSSR count). The van der Waals surface area contributed by atoms with Crippen molar-refractivity contribution in [3.05, 3.63) is 64.9 Å². The van der Waals surface area contributed by atoms with Gasteiger partial charge in [0.15, 0.2) is 5.96 Å². The van der Waals surface area contributed by atoms with E-state index in [1.54, 1.807) is 14.2 Å². The quantitative estimate of drug-likeness (QED) is 0.315. The highest BCUT2D eigenvalue weighted by molar-refractivity contribution is 14.0. The highest BCUT2D eigenvalue weighted by atomic mass is 127. The lowest BCUT2D eigenvalue weighted by Crippen LogP contribution is -2.49. The smallest absolute Gasteiger partial charge is 0.191 e. The van der Waals surface area contributed by atoms with E-state index in [0.29, 0.717) is 17.6 Å². The number of likely N-dealkylation sites (tertiary alicyclic amines) is 1. The summed E-state index contributed by atoms with van der Waals surface area (Å²) >= 11 is 6.11. The van der Waals surface area contributed by atoms with Crippen LogP contribution in [0.25, 0.3) is 0 Å². The number of hydrogen-bond acceptors (Lipinski definition) is 4. The first-order valence-corrected chi connectivity index (χ1v) is 10.4. The second-order valence-electron chi connectivity index (χ2n) is 7.25. The van der Waals surface area contributed by atoms with E-state index < -0.39 is 0 Å². The zero-order valence-corrected chi connectivity index (χ0v) is 20.6. The molecule has 1 aliphatic heterocycles. The Kier molecular flexibility index (Phi) is 10.8. The van der Waals surface area contributed by atoms with Crippen molar-refractivity contribution >= 4 is 41.5 Å². The lowest BCUT2D eigenvalue weighted by molar-refractivity contribution is 0.106. The lowest BCUT2D eigenvalue weighted by atomic mass is 10.0. The fourth-order valence-corrected chi connectivity index (χ4v) is 3.78. The third kappa shape index (κ3) is 7.68. The average molecular weight is 544 g/mol. The van der Waals surface area contributed by atoms with Crippen LogP contribution in [0.15, 0.2) is 53.7 Å². The molecular formula is C22H31ClIN5O. The minimum Gasteiger partial charge on any atom is -0.375 e. The van der Waals surface area contributed by atoms with E-state index in [1.807, 2.05) is 42.6 Å². The molecule has 8 heteroatoms. The monoisotopic (exact) mass is 543 g/mol. The van der Waals surface area contributed by atoms with Crippen molar-refractivity contribution in [3.63, 3.8) is 0 Å². The first-order chi connectivity index (χ1) is 14.2. The molecule has 0 bridgehead atoms. The number of nitrogens with zero attached hydrogens (tertiary/aromatic N) is 3. The summed E-state index contributed by atoms with van der Waals surface area (Å²) in [5.41, 5.74) is 2.17. The van der Waals surface area contributed by atoms with E-state index in [0.717, 1.165) is 49.7 Å². The van der Waals surface area contributed by atoms with Gasteiger partial charge in [-0.2, -0.15) is 0 Å². The molecule has 0 saturated carbocycles. The highest BCUT2D eigenvalue weighted by Gasteiger charge is 2.21. The molecule has 6 nitrogen and oxygen atoms in total. The molecule has 30 heavy (non-hydrogen) atoms. The fourth-order valence-electron chi connectivity index (χ4n) is 3.58. The van der Waals surface area contributed by atoms with Crippen molar-refractivity contribution < 1.29 is 4.74 Å². The van der Waals surface area contributed by atoms with Crippen molar-refractivity contribution in [2.75, 3.05) is 33.8 Å².